The molecule has 0 atom stereocenters. The maximum Gasteiger partial charge on any atom is 0.354 e. The van der Waals surface area contributed by atoms with Crippen LogP contribution in [0.5, 0.6) is 0 Å². The summed E-state index contributed by atoms with van der Waals surface area (Å²) in [7, 11) is 2.47. The van der Waals surface area contributed by atoms with Crippen molar-refractivity contribution >= 4 is 17.6 Å². The Hall–Kier alpha value is -3.09. The fourth-order valence-corrected chi connectivity index (χ4v) is 1.97. The van der Waals surface area contributed by atoms with E-state index in [4.69, 9.17) is 0 Å². The number of imidazole rings is 1. The summed E-state index contributed by atoms with van der Waals surface area (Å²) >= 11 is 0. The maximum absolute atomic E-state index is 11.8. The number of aromatic nitrogens is 2. The average molecular weight is 315 g/mol. The molecule has 0 amide bonds. The van der Waals surface area contributed by atoms with Crippen molar-refractivity contribution in [1.82, 2.24) is 9.55 Å². The number of anilines is 1. The zero-order valence-corrected chi connectivity index (χ0v) is 13.1. The number of nitrogens with zero attached hydrogens (tertiary/aromatic N) is 2. The molecule has 1 N–H and O–H groups in total. The summed E-state index contributed by atoms with van der Waals surface area (Å²) in [4.78, 5) is 27.3. The van der Waals surface area contributed by atoms with Crippen LogP contribution in [0.1, 0.15) is 5.82 Å². The minimum Gasteiger partial charge on any atom is -0.466 e. The standard InChI is InChI=1S/C16H17N3O4/c1-11-17-7-8-19(11)13-6-4-5-12(9-13)18-14(16(21)23-3)10-15(20)22-2/h4-10,18H,1-3H3/b14-10+. The van der Waals surface area contributed by atoms with E-state index in [9.17, 15) is 9.59 Å². The van der Waals surface area contributed by atoms with Crippen molar-refractivity contribution < 1.29 is 19.1 Å². The first kappa shape index (κ1) is 16.3. The van der Waals surface area contributed by atoms with Gasteiger partial charge in [0.25, 0.3) is 0 Å². The highest BCUT2D eigenvalue weighted by atomic mass is 16.5. The fourth-order valence-electron chi connectivity index (χ4n) is 1.97. The van der Waals surface area contributed by atoms with Gasteiger partial charge in [0.2, 0.25) is 0 Å². The summed E-state index contributed by atoms with van der Waals surface area (Å²) in [5.41, 5.74) is 1.47. The lowest BCUT2D eigenvalue weighted by Gasteiger charge is -2.11. The predicted octanol–water partition coefficient (Wildman–Crippen LogP) is 1.82. The van der Waals surface area contributed by atoms with Crippen molar-refractivity contribution in [2.75, 3.05) is 19.5 Å². The molecule has 7 heteroatoms. The van der Waals surface area contributed by atoms with E-state index in [1.807, 2.05) is 35.9 Å². The molecule has 0 fully saturated rings. The molecule has 0 bridgehead atoms. The van der Waals surface area contributed by atoms with Gasteiger partial charge in [-0.2, -0.15) is 0 Å². The van der Waals surface area contributed by atoms with E-state index in [1.54, 1.807) is 12.3 Å². The van der Waals surface area contributed by atoms with Gasteiger partial charge in [-0.25, -0.2) is 14.6 Å². The molecule has 1 aromatic carbocycles. The number of carbonyl (C=O) groups excluding carboxylic acids is 2. The highest BCUT2D eigenvalue weighted by Crippen LogP contribution is 2.18. The Labute approximate surface area is 133 Å². The number of ether oxygens (including phenoxy) is 2. The molecule has 7 nitrogen and oxygen atoms in total. The third kappa shape index (κ3) is 3.97. The van der Waals surface area contributed by atoms with Gasteiger partial charge in [0.15, 0.2) is 0 Å². The highest BCUT2D eigenvalue weighted by molar-refractivity contribution is 5.98. The lowest BCUT2D eigenvalue weighted by atomic mass is 10.2. The van der Waals surface area contributed by atoms with E-state index >= 15 is 0 Å². The molecular formula is C16H17N3O4. The van der Waals surface area contributed by atoms with Crippen LogP contribution >= 0.6 is 0 Å². The SMILES string of the molecule is COC(=O)/C=C(/Nc1cccc(-n2ccnc2C)c1)C(=O)OC. The fraction of sp³-hybridized carbons (Fsp3) is 0.188. The first-order valence-electron chi connectivity index (χ1n) is 6.80. The van der Waals surface area contributed by atoms with Crippen molar-refractivity contribution in [3.05, 3.63) is 54.3 Å². The molecule has 23 heavy (non-hydrogen) atoms. The van der Waals surface area contributed by atoms with Crippen LogP contribution in [0.2, 0.25) is 0 Å². The second kappa shape index (κ2) is 7.26. The maximum atomic E-state index is 11.8. The number of hydrogen-bond acceptors (Lipinski definition) is 6. The zero-order chi connectivity index (χ0) is 16.8. The second-order valence-electron chi connectivity index (χ2n) is 4.59. The topological polar surface area (TPSA) is 82.5 Å². The van der Waals surface area contributed by atoms with Crippen LogP contribution in [0.15, 0.2) is 48.4 Å². The van der Waals surface area contributed by atoms with Gasteiger partial charge in [0, 0.05) is 23.8 Å². The van der Waals surface area contributed by atoms with Gasteiger partial charge in [-0.1, -0.05) is 6.07 Å². The van der Waals surface area contributed by atoms with Crippen molar-refractivity contribution in [2.24, 2.45) is 0 Å². The normalized spacial score (nSPS) is 11.0. The smallest absolute Gasteiger partial charge is 0.354 e. The van der Waals surface area contributed by atoms with Crippen LogP contribution in [0.4, 0.5) is 5.69 Å². The molecule has 1 aromatic heterocycles. The molecule has 0 saturated carbocycles. The lowest BCUT2D eigenvalue weighted by Crippen LogP contribution is -2.15. The Morgan fingerprint density at radius 1 is 1.26 bits per heavy atom. The number of hydrogen-bond donors (Lipinski definition) is 1. The molecule has 2 aromatic rings. The third-order valence-electron chi connectivity index (χ3n) is 3.10. The minimum absolute atomic E-state index is 0.0150. The van der Waals surface area contributed by atoms with Crippen LogP contribution < -0.4 is 5.32 Å². The van der Waals surface area contributed by atoms with Gasteiger partial charge in [0.1, 0.15) is 11.5 Å². The van der Waals surface area contributed by atoms with Crippen LogP contribution in [0.25, 0.3) is 5.69 Å². The summed E-state index contributed by atoms with van der Waals surface area (Å²) in [5, 5.41) is 2.87. The summed E-state index contributed by atoms with van der Waals surface area (Å²) in [6.45, 7) is 1.89. The van der Waals surface area contributed by atoms with Crippen molar-refractivity contribution in [3.63, 3.8) is 0 Å². The van der Waals surface area contributed by atoms with Crippen LogP contribution in [-0.4, -0.2) is 35.7 Å². The number of benzene rings is 1. The minimum atomic E-state index is -0.667. The molecule has 0 aliphatic carbocycles. The number of rotatable bonds is 5. The van der Waals surface area contributed by atoms with Gasteiger partial charge in [-0.3, -0.25) is 0 Å². The molecule has 0 spiro atoms. The number of nitrogens with one attached hydrogen (secondary N) is 1. The summed E-state index contributed by atoms with van der Waals surface area (Å²) in [6.07, 6.45) is 4.58. The van der Waals surface area contributed by atoms with E-state index in [1.165, 1.54) is 14.2 Å². The zero-order valence-electron chi connectivity index (χ0n) is 13.1. The second-order valence-corrected chi connectivity index (χ2v) is 4.59. The van der Waals surface area contributed by atoms with Crippen LogP contribution in [-0.2, 0) is 19.1 Å². The Morgan fingerprint density at radius 3 is 2.65 bits per heavy atom. The third-order valence-corrected chi connectivity index (χ3v) is 3.10. The lowest BCUT2D eigenvalue weighted by molar-refractivity contribution is -0.138. The molecule has 0 aliphatic rings. The Balaban J connectivity index is 2.31. The van der Waals surface area contributed by atoms with Gasteiger partial charge in [0.05, 0.1) is 20.3 Å². The Morgan fingerprint density at radius 2 is 2.04 bits per heavy atom. The van der Waals surface area contributed by atoms with Crippen LogP contribution in [0, 0.1) is 6.92 Å². The first-order chi connectivity index (χ1) is 11.0. The molecule has 2 rings (SSSR count). The van der Waals surface area contributed by atoms with Gasteiger partial charge in [-0.15, -0.1) is 0 Å². The van der Waals surface area contributed by atoms with Crippen molar-refractivity contribution in [3.8, 4) is 5.69 Å². The monoisotopic (exact) mass is 315 g/mol. The van der Waals surface area contributed by atoms with E-state index in [2.05, 4.69) is 19.8 Å². The first-order valence-corrected chi connectivity index (χ1v) is 6.80. The van der Waals surface area contributed by atoms with E-state index < -0.39 is 11.9 Å². The summed E-state index contributed by atoms with van der Waals surface area (Å²) in [6, 6.07) is 7.32. The average Bonchev–Trinajstić information content (AvgIpc) is 2.99. The number of carbonyl (C=O) groups is 2. The quantitative estimate of drug-likeness (QED) is 0.669. The summed E-state index contributed by atoms with van der Waals surface area (Å²) < 4.78 is 11.1. The van der Waals surface area contributed by atoms with Crippen molar-refractivity contribution in [1.29, 1.82) is 0 Å². The van der Waals surface area contributed by atoms with Crippen molar-refractivity contribution in [2.45, 2.75) is 6.92 Å². The molecule has 1 heterocycles. The van der Waals surface area contributed by atoms with E-state index in [-0.39, 0.29) is 5.70 Å². The van der Waals surface area contributed by atoms with E-state index in [0.717, 1.165) is 17.6 Å². The van der Waals surface area contributed by atoms with Gasteiger partial charge >= 0.3 is 11.9 Å². The molecule has 0 aliphatic heterocycles. The Kier molecular flexibility index (Phi) is 5.14. The molecule has 0 unspecified atom stereocenters. The van der Waals surface area contributed by atoms with E-state index in [0.29, 0.717) is 5.69 Å². The molecule has 0 radical (unpaired) electrons. The molecule has 0 saturated heterocycles. The molecule has 120 valence electrons. The van der Waals surface area contributed by atoms with Gasteiger partial charge < -0.3 is 19.4 Å². The predicted molar refractivity (Wildman–Crippen MR) is 84.0 cm³/mol. The number of esters is 2. The number of aryl methyl sites for hydroxylation is 1. The number of methoxy groups -OCH3 is 2. The summed E-state index contributed by atoms with van der Waals surface area (Å²) in [5.74, 6) is -0.487. The van der Waals surface area contributed by atoms with Crippen LogP contribution in [0.3, 0.4) is 0 Å². The largest absolute Gasteiger partial charge is 0.466 e. The highest BCUT2D eigenvalue weighted by Gasteiger charge is 2.13. The Bertz CT molecular complexity index is 749. The van der Waals surface area contributed by atoms with Gasteiger partial charge in [-0.05, 0) is 25.1 Å². The molecular weight excluding hydrogens is 298 g/mol.